The molecule has 3 amide bonds. The van der Waals surface area contributed by atoms with Crippen molar-refractivity contribution in [2.24, 2.45) is 0 Å². The van der Waals surface area contributed by atoms with E-state index in [0.29, 0.717) is 37.9 Å². The monoisotopic (exact) mass is 708 g/mol. The Labute approximate surface area is 291 Å². The van der Waals surface area contributed by atoms with Crippen LogP contribution in [0.4, 0.5) is 18.0 Å². The summed E-state index contributed by atoms with van der Waals surface area (Å²) < 4.78 is 45.1. The Bertz CT molecular complexity index is 1390. The average molecular weight is 709 g/mol. The molecule has 0 radical (unpaired) electrons. The van der Waals surface area contributed by atoms with Crippen molar-refractivity contribution in [1.29, 1.82) is 0 Å². The molecule has 4 N–H and O–H groups in total. The SMILES string of the molecule is Cl.O=C1N[C@@H](B(O)O)CCCCCCCCCC(NCc2ccc(C(F)(F)F)cc2)C(=O)N2C[C@H](OC(=O)N3Cc4ccccc4C3)C[C@@H]12. The fraction of sp³-hybridized carbons (Fsp3) is 0.559. The Kier molecular flexibility index (Phi) is 13.8. The maximum absolute atomic E-state index is 14.2. The van der Waals surface area contributed by atoms with Gasteiger partial charge >= 0.3 is 19.4 Å². The number of hydrogen-bond donors (Lipinski definition) is 4. The minimum Gasteiger partial charge on any atom is -0.444 e. The van der Waals surface area contributed by atoms with Gasteiger partial charge in [0.05, 0.1) is 24.1 Å². The van der Waals surface area contributed by atoms with Crippen molar-refractivity contribution in [1.82, 2.24) is 20.4 Å². The van der Waals surface area contributed by atoms with Crippen molar-refractivity contribution < 1.29 is 42.3 Å². The van der Waals surface area contributed by atoms with Crippen LogP contribution >= 0.6 is 12.4 Å². The zero-order valence-electron chi connectivity index (χ0n) is 27.4. The van der Waals surface area contributed by atoms with Crippen LogP contribution in [0.15, 0.2) is 48.5 Å². The number of carbonyl (C=O) groups is 3. The van der Waals surface area contributed by atoms with E-state index >= 15 is 0 Å². The van der Waals surface area contributed by atoms with Crippen molar-refractivity contribution in [2.45, 2.75) is 114 Å². The number of benzene rings is 2. The lowest BCUT2D eigenvalue weighted by molar-refractivity contribution is -0.140. The van der Waals surface area contributed by atoms with Crippen molar-refractivity contribution in [3.05, 3.63) is 70.8 Å². The van der Waals surface area contributed by atoms with E-state index in [4.69, 9.17) is 4.74 Å². The van der Waals surface area contributed by atoms with Crippen LogP contribution in [0.2, 0.25) is 0 Å². The Morgan fingerprint density at radius 1 is 0.918 bits per heavy atom. The normalized spacial score (nSPS) is 24.0. The third-order valence-electron chi connectivity index (χ3n) is 9.54. The summed E-state index contributed by atoms with van der Waals surface area (Å²) in [6.45, 7) is 0.876. The van der Waals surface area contributed by atoms with Gasteiger partial charge in [-0.25, -0.2) is 4.79 Å². The molecule has 1 unspecified atom stereocenters. The van der Waals surface area contributed by atoms with E-state index in [-0.39, 0.29) is 37.8 Å². The first-order valence-corrected chi connectivity index (χ1v) is 16.9. The predicted molar refractivity (Wildman–Crippen MR) is 179 cm³/mol. The molecule has 3 heterocycles. The summed E-state index contributed by atoms with van der Waals surface area (Å²) in [5.74, 6) is -1.88. The van der Waals surface area contributed by atoms with Crippen LogP contribution in [0.1, 0.15) is 86.5 Å². The van der Waals surface area contributed by atoms with Gasteiger partial charge in [-0.1, -0.05) is 81.3 Å². The molecule has 0 aromatic heterocycles. The summed E-state index contributed by atoms with van der Waals surface area (Å²) in [5, 5.41) is 26.0. The van der Waals surface area contributed by atoms with Gasteiger partial charge in [0.25, 0.3) is 0 Å². The molecule has 49 heavy (non-hydrogen) atoms. The molecule has 5 rings (SSSR count). The lowest BCUT2D eigenvalue weighted by atomic mass is 9.76. The summed E-state index contributed by atoms with van der Waals surface area (Å²) in [7, 11) is -1.79. The number of ether oxygens (including phenoxy) is 1. The van der Waals surface area contributed by atoms with Crippen molar-refractivity contribution in [3.63, 3.8) is 0 Å². The Morgan fingerprint density at radius 2 is 1.51 bits per heavy atom. The zero-order chi connectivity index (χ0) is 34.3. The first kappa shape index (κ1) is 38.5. The van der Waals surface area contributed by atoms with Crippen LogP contribution in [0.25, 0.3) is 0 Å². The van der Waals surface area contributed by atoms with E-state index < -0.39 is 55.0 Å². The minimum atomic E-state index is -4.46. The van der Waals surface area contributed by atoms with Gasteiger partial charge in [-0.3, -0.25) is 14.5 Å². The van der Waals surface area contributed by atoms with E-state index in [1.165, 1.54) is 17.0 Å². The lowest BCUT2D eigenvalue weighted by Crippen LogP contribution is -2.56. The molecule has 0 saturated carbocycles. The van der Waals surface area contributed by atoms with Crippen molar-refractivity contribution >= 4 is 37.4 Å². The molecular weight excluding hydrogens is 664 g/mol. The number of hydrogen-bond acceptors (Lipinski definition) is 7. The highest BCUT2D eigenvalue weighted by Gasteiger charge is 2.44. The topological polar surface area (TPSA) is 131 Å². The smallest absolute Gasteiger partial charge is 0.444 e. The molecule has 2 fully saturated rings. The molecule has 3 aliphatic heterocycles. The van der Waals surface area contributed by atoms with Crippen LogP contribution in [0, 0.1) is 0 Å². The third-order valence-corrected chi connectivity index (χ3v) is 9.54. The van der Waals surface area contributed by atoms with Gasteiger partial charge in [-0.05, 0) is 41.7 Å². The zero-order valence-corrected chi connectivity index (χ0v) is 28.2. The number of carbonyl (C=O) groups excluding carboxylic acids is 3. The van der Waals surface area contributed by atoms with Crippen LogP contribution in [-0.2, 0) is 40.1 Å². The lowest BCUT2D eigenvalue weighted by Gasteiger charge is -2.30. The first-order valence-electron chi connectivity index (χ1n) is 16.9. The predicted octanol–water partition coefficient (Wildman–Crippen LogP) is 4.73. The van der Waals surface area contributed by atoms with Gasteiger partial charge in [0.1, 0.15) is 12.1 Å². The maximum Gasteiger partial charge on any atom is 0.475 e. The number of fused-ring (bicyclic) bond motifs is 2. The number of nitrogens with zero attached hydrogens (tertiary/aromatic N) is 2. The summed E-state index contributed by atoms with van der Waals surface area (Å²) in [5.41, 5.74) is 1.85. The molecule has 2 saturated heterocycles. The number of amides is 3. The highest BCUT2D eigenvalue weighted by molar-refractivity contribution is 6.43. The first-order chi connectivity index (χ1) is 23.0. The number of rotatable bonds is 5. The summed E-state index contributed by atoms with van der Waals surface area (Å²) >= 11 is 0. The molecule has 0 bridgehead atoms. The van der Waals surface area contributed by atoms with Gasteiger partial charge in [0, 0.05) is 26.1 Å². The van der Waals surface area contributed by atoms with Gasteiger partial charge in [-0.2, -0.15) is 13.2 Å². The second kappa shape index (κ2) is 17.6. The molecule has 2 aromatic carbocycles. The van der Waals surface area contributed by atoms with E-state index in [9.17, 15) is 37.6 Å². The van der Waals surface area contributed by atoms with Crippen molar-refractivity contribution in [3.8, 4) is 0 Å². The van der Waals surface area contributed by atoms with Crippen molar-refractivity contribution in [2.75, 3.05) is 6.54 Å². The Morgan fingerprint density at radius 3 is 2.10 bits per heavy atom. The van der Waals surface area contributed by atoms with E-state index in [0.717, 1.165) is 61.8 Å². The Balaban J connectivity index is 0.00000541. The molecular formula is C34H45BClF3N4O6. The van der Waals surface area contributed by atoms with Gasteiger partial charge < -0.3 is 30.3 Å². The van der Waals surface area contributed by atoms with E-state index in [2.05, 4.69) is 10.6 Å². The van der Waals surface area contributed by atoms with Gasteiger partial charge in [0.2, 0.25) is 11.8 Å². The second-order valence-corrected chi connectivity index (χ2v) is 13.1. The third kappa shape index (κ3) is 10.3. The molecule has 0 aliphatic carbocycles. The maximum atomic E-state index is 14.2. The van der Waals surface area contributed by atoms with Gasteiger partial charge in [-0.15, -0.1) is 12.4 Å². The fourth-order valence-electron chi connectivity index (χ4n) is 6.79. The summed E-state index contributed by atoms with van der Waals surface area (Å²) in [6, 6.07) is 10.7. The quantitative estimate of drug-likeness (QED) is 0.331. The van der Waals surface area contributed by atoms with Crippen LogP contribution < -0.4 is 10.6 Å². The molecule has 10 nitrogen and oxygen atoms in total. The number of halogens is 4. The van der Waals surface area contributed by atoms with Crippen LogP contribution in [0.3, 0.4) is 0 Å². The van der Waals surface area contributed by atoms with Gasteiger partial charge in [0.15, 0.2) is 0 Å². The van der Waals surface area contributed by atoms with E-state index in [1.54, 1.807) is 4.90 Å². The van der Waals surface area contributed by atoms with Crippen LogP contribution in [0.5, 0.6) is 0 Å². The van der Waals surface area contributed by atoms with E-state index in [1.807, 2.05) is 24.3 Å². The summed E-state index contributed by atoms with van der Waals surface area (Å²) in [4.78, 5) is 44.1. The van der Waals surface area contributed by atoms with Crippen LogP contribution in [-0.4, -0.2) is 75.5 Å². The molecule has 15 heteroatoms. The number of alkyl halides is 3. The molecule has 0 spiro atoms. The largest absolute Gasteiger partial charge is 0.475 e. The molecule has 268 valence electrons. The molecule has 3 aliphatic rings. The number of nitrogens with one attached hydrogen (secondary N) is 2. The second-order valence-electron chi connectivity index (χ2n) is 13.1. The Hall–Kier alpha value is -3.33. The standard InChI is InChI=1S/C34H44BF3N4O6.ClH/c36-34(37,38)26-16-14-23(15-17-26)19-39-28-12-6-4-2-1-3-5-7-13-30(35(46)47)40-31(43)29-18-27(22-42(29)32(28)44)48-33(45)41-20-24-10-8-9-11-25(24)21-41;/h8-11,14-17,27-30,39,46-47H,1-7,12-13,18-22H2,(H,40,43);1H/t27-,28?,29+,30-;/m1./s1. The highest BCUT2D eigenvalue weighted by Crippen LogP contribution is 2.30. The highest BCUT2D eigenvalue weighted by atomic mass is 35.5. The summed E-state index contributed by atoms with van der Waals surface area (Å²) in [6.07, 6.45) is 1.14. The minimum absolute atomic E-state index is 0. The average Bonchev–Trinajstić information content (AvgIpc) is 3.68. The molecule has 2 aromatic rings. The fourth-order valence-corrected chi connectivity index (χ4v) is 6.79. The molecule has 4 atom stereocenters.